The highest BCUT2D eigenvalue weighted by Crippen LogP contribution is 2.64. The molecule has 0 aromatic carbocycles. The minimum absolute atomic E-state index is 0.0725. The molecule has 0 bridgehead atoms. The van der Waals surface area contributed by atoms with E-state index >= 15 is 0 Å². The van der Waals surface area contributed by atoms with E-state index in [9.17, 15) is 9.90 Å². The number of carbonyl (C=O) groups is 1. The van der Waals surface area contributed by atoms with Crippen molar-refractivity contribution in [1.29, 1.82) is 0 Å². The van der Waals surface area contributed by atoms with Gasteiger partial charge in [0.05, 0.1) is 5.76 Å². The summed E-state index contributed by atoms with van der Waals surface area (Å²) in [5.74, 6) is 2.74. The summed E-state index contributed by atoms with van der Waals surface area (Å²) in [4.78, 5) is 12.4. The Kier molecular flexibility index (Phi) is 2.75. The van der Waals surface area contributed by atoms with Crippen LogP contribution in [0.5, 0.6) is 0 Å². The van der Waals surface area contributed by atoms with Gasteiger partial charge in [-0.15, -0.1) is 0 Å². The van der Waals surface area contributed by atoms with Crippen molar-refractivity contribution >= 4 is 5.78 Å². The summed E-state index contributed by atoms with van der Waals surface area (Å²) in [7, 11) is 0. The maximum atomic E-state index is 12.4. The van der Waals surface area contributed by atoms with Crippen LogP contribution >= 0.6 is 0 Å². The molecule has 4 rings (SSSR count). The van der Waals surface area contributed by atoms with Gasteiger partial charge in [-0.3, -0.25) is 4.79 Å². The third-order valence-electron chi connectivity index (χ3n) is 7.47. The molecule has 4 aliphatic rings. The van der Waals surface area contributed by atoms with Gasteiger partial charge in [-0.2, -0.15) is 0 Å². The van der Waals surface area contributed by atoms with Gasteiger partial charge in [0.2, 0.25) is 0 Å². The molecule has 0 aromatic heterocycles. The first-order chi connectivity index (χ1) is 9.98. The molecule has 114 valence electrons. The van der Waals surface area contributed by atoms with Crippen molar-refractivity contribution in [3.05, 3.63) is 23.5 Å². The van der Waals surface area contributed by atoms with Crippen molar-refractivity contribution < 1.29 is 9.90 Å². The summed E-state index contributed by atoms with van der Waals surface area (Å²) in [5, 5.41) is 10.6. The molecule has 0 unspecified atom stereocenters. The lowest BCUT2D eigenvalue weighted by Gasteiger charge is -2.55. The molecule has 5 atom stereocenters. The fourth-order valence-corrected chi connectivity index (χ4v) is 6.13. The molecule has 0 heterocycles. The van der Waals surface area contributed by atoms with Crippen molar-refractivity contribution in [1.82, 2.24) is 0 Å². The monoisotopic (exact) mass is 286 g/mol. The molecule has 2 heteroatoms. The Morgan fingerprint density at radius 2 is 1.95 bits per heavy atom. The van der Waals surface area contributed by atoms with E-state index in [1.807, 2.05) is 6.08 Å². The summed E-state index contributed by atoms with van der Waals surface area (Å²) in [6.45, 7) is 4.46. The first-order valence-electron chi connectivity index (χ1n) is 8.60. The van der Waals surface area contributed by atoms with Gasteiger partial charge in [0.15, 0.2) is 0 Å². The predicted molar refractivity (Wildman–Crippen MR) is 82.8 cm³/mol. The smallest absolute Gasteiger partial charge is 0.139 e. The van der Waals surface area contributed by atoms with Gasteiger partial charge >= 0.3 is 0 Å². The maximum Gasteiger partial charge on any atom is 0.139 e. The van der Waals surface area contributed by atoms with Crippen LogP contribution in [0.15, 0.2) is 23.5 Å². The van der Waals surface area contributed by atoms with Gasteiger partial charge < -0.3 is 5.11 Å². The molecule has 2 fully saturated rings. The van der Waals surface area contributed by atoms with Crippen LogP contribution in [0.4, 0.5) is 0 Å². The highest BCUT2D eigenvalue weighted by atomic mass is 16.3. The zero-order valence-corrected chi connectivity index (χ0v) is 13.2. The summed E-state index contributed by atoms with van der Waals surface area (Å²) in [5.41, 5.74) is 1.24. The van der Waals surface area contributed by atoms with Crippen LogP contribution < -0.4 is 0 Å². The van der Waals surface area contributed by atoms with Crippen LogP contribution in [0.25, 0.3) is 0 Å². The van der Waals surface area contributed by atoms with E-state index in [-0.39, 0.29) is 10.8 Å². The Morgan fingerprint density at radius 3 is 2.76 bits per heavy atom. The summed E-state index contributed by atoms with van der Waals surface area (Å²) < 4.78 is 0. The van der Waals surface area contributed by atoms with Gasteiger partial charge in [0, 0.05) is 17.3 Å². The Labute approximate surface area is 127 Å². The molecular formula is C19H26O2. The van der Waals surface area contributed by atoms with E-state index in [0.29, 0.717) is 29.3 Å². The lowest BCUT2D eigenvalue weighted by atomic mass is 9.49. The van der Waals surface area contributed by atoms with Crippen molar-refractivity contribution in [2.24, 2.45) is 28.6 Å². The number of carbonyl (C=O) groups excluding carboxylic acids is 1. The second-order valence-electron chi connectivity index (χ2n) is 8.09. The molecule has 0 spiro atoms. The van der Waals surface area contributed by atoms with Gasteiger partial charge in [-0.1, -0.05) is 18.6 Å². The number of fused-ring (bicyclic) bond motifs is 5. The van der Waals surface area contributed by atoms with Crippen LogP contribution in [0.1, 0.15) is 58.8 Å². The Hall–Kier alpha value is -1.05. The molecule has 0 amide bonds. The largest absolute Gasteiger partial charge is 0.512 e. The third kappa shape index (κ3) is 1.57. The number of hydrogen-bond acceptors (Lipinski definition) is 2. The lowest BCUT2D eigenvalue weighted by molar-refractivity contribution is -0.131. The Balaban J connectivity index is 1.76. The molecule has 0 aliphatic heterocycles. The molecule has 2 saturated carbocycles. The normalized spacial score (nSPS) is 48.9. The van der Waals surface area contributed by atoms with Crippen molar-refractivity contribution in [3.63, 3.8) is 0 Å². The van der Waals surface area contributed by atoms with E-state index in [0.717, 1.165) is 44.9 Å². The molecule has 0 radical (unpaired) electrons. The quantitative estimate of drug-likeness (QED) is 0.662. The number of hydrogen-bond donors (Lipinski definition) is 1. The minimum Gasteiger partial charge on any atom is -0.512 e. The third-order valence-corrected chi connectivity index (χ3v) is 7.47. The van der Waals surface area contributed by atoms with Crippen LogP contribution in [0.3, 0.4) is 0 Å². The van der Waals surface area contributed by atoms with Crippen molar-refractivity contribution in [2.45, 2.75) is 58.8 Å². The average Bonchev–Trinajstić information content (AvgIpc) is 2.76. The van der Waals surface area contributed by atoms with Crippen LogP contribution in [-0.4, -0.2) is 10.9 Å². The van der Waals surface area contributed by atoms with Crippen LogP contribution in [0.2, 0.25) is 0 Å². The Bertz CT molecular complexity index is 558. The number of ketones is 1. The fraction of sp³-hybridized carbons (Fsp3) is 0.737. The zero-order valence-electron chi connectivity index (χ0n) is 13.2. The minimum atomic E-state index is -0.145. The topological polar surface area (TPSA) is 37.3 Å². The number of aliphatic hydroxyl groups is 1. The number of Topliss-reactive ketones (excluding diaryl/α,β-unsaturated/α-hetero) is 1. The van der Waals surface area contributed by atoms with E-state index in [2.05, 4.69) is 19.9 Å². The molecule has 0 saturated heterocycles. The fourth-order valence-electron chi connectivity index (χ4n) is 6.13. The first kappa shape index (κ1) is 13.6. The standard InChI is InChI=1S/C19H26O2/c1-18-11-10-15-13(14(18)8-9-16(18)20)7-6-12-4-3-5-17(21)19(12,15)2/h5-6,13-15,21H,3-4,7-11H2,1-2H3/t13-,14-,15-,18-,19-/m0/s1. The van der Waals surface area contributed by atoms with Crippen LogP contribution in [-0.2, 0) is 4.79 Å². The Morgan fingerprint density at radius 1 is 1.14 bits per heavy atom. The summed E-state index contributed by atoms with van der Waals surface area (Å²) >= 11 is 0. The second-order valence-corrected chi connectivity index (χ2v) is 8.09. The maximum absolute atomic E-state index is 12.4. The van der Waals surface area contributed by atoms with E-state index in [1.54, 1.807) is 0 Å². The highest BCUT2D eigenvalue weighted by Gasteiger charge is 2.59. The van der Waals surface area contributed by atoms with Crippen molar-refractivity contribution in [3.8, 4) is 0 Å². The highest BCUT2D eigenvalue weighted by molar-refractivity contribution is 5.87. The number of aliphatic hydroxyl groups excluding tert-OH is 1. The lowest BCUT2D eigenvalue weighted by Crippen LogP contribution is -2.50. The predicted octanol–water partition coefficient (Wildman–Crippen LogP) is 4.57. The molecular weight excluding hydrogens is 260 g/mol. The molecule has 21 heavy (non-hydrogen) atoms. The van der Waals surface area contributed by atoms with Crippen LogP contribution in [0, 0.1) is 28.6 Å². The van der Waals surface area contributed by atoms with E-state index in [1.165, 1.54) is 5.57 Å². The number of allylic oxidation sites excluding steroid dienone is 3. The van der Waals surface area contributed by atoms with Gasteiger partial charge in [0.1, 0.15) is 5.78 Å². The average molecular weight is 286 g/mol. The summed E-state index contributed by atoms with van der Waals surface area (Å²) in [6, 6.07) is 0. The summed E-state index contributed by atoms with van der Waals surface area (Å²) in [6.07, 6.45) is 11.6. The van der Waals surface area contributed by atoms with E-state index in [4.69, 9.17) is 0 Å². The van der Waals surface area contributed by atoms with Gasteiger partial charge in [-0.25, -0.2) is 0 Å². The molecule has 4 aliphatic carbocycles. The molecule has 0 aromatic rings. The van der Waals surface area contributed by atoms with Gasteiger partial charge in [-0.05, 0) is 69.3 Å². The zero-order chi connectivity index (χ0) is 14.8. The molecule has 1 N–H and O–H groups in total. The first-order valence-corrected chi connectivity index (χ1v) is 8.60. The van der Waals surface area contributed by atoms with E-state index < -0.39 is 0 Å². The number of rotatable bonds is 0. The molecule has 2 nitrogen and oxygen atoms in total. The van der Waals surface area contributed by atoms with Crippen molar-refractivity contribution in [2.75, 3.05) is 0 Å². The second kappa shape index (κ2) is 4.24. The SMILES string of the molecule is C[C@]12C(O)=CCCC1=CC[C@@H]1[C@@H]2CC[C@]2(C)C(=O)CC[C@@H]12. The van der Waals surface area contributed by atoms with Gasteiger partial charge in [0.25, 0.3) is 0 Å².